The van der Waals surface area contributed by atoms with E-state index in [9.17, 15) is 4.79 Å². The Morgan fingerprint density at radius 1 is 0.941 bits per heavy atom. The first-order valence-electron chi connectivity index (χ1n) is 11.0. The van der Waals surface area contributed by atoms with Gasteiger partial charge in [0, 0.05) is 26.2 Å². The lowest BCUT2D eigenvalue weighted by Crippen LogP contribution is -2.49. The van der Waals surface area contributed by atoms with E-state index in [1.54, 1.807) is 30.0 Å². The molecule has 1 fully saturated rings. The molecule has 1 amide bonds. The summed E-state index contributed by atoms with van der Waals surface area (Å²) < 4.78 is 12.5. The maximum Gasteiger partial charge on any atom is 0.257 e. The highest BCUT2D eigenvalue weighted by Gasteiger charge is 2.27. The average Bonchev–Trinajstić information content (AvgIpc) is 3.32. The molecule has 0 saturated carbocycles. The number of amides is 1. The van der Waals surface area contributed by atoms with Crippen LogP contribution in [0.4, 0.5) is 5.82 Å². The van der Waals surface area contributed by atoms with Gasteiger partial charge in [-0.1, -0.05) is 29.0 Å². The largest absolute Gasteiger partial charge is 0.493 e. The van der Waals surface area contributed by atoms with Crippen molar-refractivity contribution in [2.45, 2.75) is 6.92 Å². The second-order valence-electron chi connectivity index (χ2n) is 8.03. The molecule has 3 heterocycles. The van der Waals surface area contributed by atoms with Crippen LogP contribution in [0.5, 0.6) is 11.5 Å². The summed E-state index contributed by atoms with van der Waals surface area (Å²) in [7, 11) is 3.10. The molecule has 1 aliphatic rings. The number of fused-ring (bicyclic) bond motifs is 1. The van der Waals surface area contributed by atoms with Crippen LogP contribution in [0.2, 0.25) is 0 Å². The number of aromatic nitrogens is 5. The highest BCUT2D eigenvalue weighted by atomic mass is 16.5. The Morgan fingerprint density at radius 3 is 2.41 bits per heavy atom. The number of piperazine rings is 1. The van der Waals surface area contributed by atoms with E-state index in [1.807, 2.05) is 36.1 Å². The van der Waals surface area contributed by atoms with E-state index in [1.165, 1.54) is 19.0 Å². The second kappa shape index (κ2) is 8.97. The summed E-state index contributed by atoms with van der Waals surface area (Å²) in [5.74, 6) is 1.61. The molecule has 0 spiro atoms. The van der Waals surface area contributed by atoms with Gasteiger partial charge >= 0.3 is 0 Å². The highest BCUT2D eigenvalue weighted by Crippen LogP contribution is 2.32. The van der Waals surface area contributed by atoms with Crippen molar-refractivity contribution in [2.24, 2.45) is 0 Å². The first kappa shape index (κ1) is 21.6. The highest BCUT2D eigenvalue weighted by molar-refractivity contribution is 5.98. The normalized spacial score (nSPS) is 13.9. The lowest BCUT2D eigenvalue weighted by Gasteiger charge is -2.35. The molecule has 34 heavy (non-hydrogen) atoms. The molecule has 174 valence electrons. The number of ether oxygens (including phenoxy) is 2. The maximum atomic E-state index is 13.2. The van der Waals surface area contributed by atoms with E-state index in [4.69, 9.17) is 9.47 Å². The van der Waals surface area contributed by atoms with Crippen molar-refractivity contribution >= 4 is 22.9 Å². The molecule has 2 aromatic heterocycles. The fourth-order valence-electron chi connectivity index (χ4n) is 4.18. The van der Waals surface area contributed by atoms with E-state index < -0.39 is 0 Å². The van der Waals surface area contributed by atoms with E-state index in [-0.39, 0.29) is 5.91 Å². The van der Waals surface area contributed by atoms with Crippen molar-refractivity contribution in [3.63, 3.8) is 0 Å². The minimum atomic E-state index is -0.0893. The van der Waals surface area contributed by atoms with Gasteiger partial charge in [-0.05, 0) is 31.2 Å². The standard InChI is InChI=1S/C24H25N7O3/c1-16-7-9-17(10-8-16)31-23-20(27-28-31)22(25-15-26-23)29-11-13-30(14-12-29)24(32)18-5-4-6-19(33-2)21(18)34-3/h4-10,15H,11-14H2,1-3H3. The van der Waals surface area contributed by atoms with Crippen molar-refractivity contribution in [3.05, 3.63) is 59.9 Å². The van der Waals surface area contributed by atoms with Crippen molar-refractivity contribution in [1.82, 2.24) is 29.9 Å². The molecule has 2 aromatic carbocycles. The van der Waals surface area contributed by atoms with Crippen LogP contribution in [-0.4, -0.2) is 76.2 Å². The molecule has 10 heteroatoms. The quantitative estimate of drug-likeness (QED) is 0.449. The van der Waals surface area contributed by atoms with Gasteiger partial charge in [0.1, 0.15) is 6.33 Å². The molecule has 0 bridgehead atoms. The van der Waals surface area contributed by atoms with Gasteiger partial charge in [0.2, 0.25) is 0 Å². The maximum absolute atomic E-state index is 13.2. The van der Waals surface area contributed by atoms with Crippen LogP contribution in [0.3, 0.4) is 0 Å². The zero-order chi connectivity index (χ0) is 23.7. The number of carbonyl (C=O) groups is 1. The summed E-state index contributed by atoms with van der Waals surface area (Å²) in [5, 5.41) is 8.69. The number of methoxy groups -OCH3 is 2. The molecule has 0 N–H and O–H groups in total. The first-order chi connectivity index (χ1) is 16.6. The summed E-state index contributed by atoms with van der Waals surface area (Å²) in [6, 6.07) is 13.4. The molecule has 0 atom stereocenters. The van der Waals surface area contributed by atoms with E-state index in [0.29, 0.717) is 54.4 Å². The topological polar surface area (TPSA) is 98.5 Å². The number of benzene rings is 2. The molecule has 0 aliphatic carbocycles. The lowest BCUT2D eigenvalue weighted by atomic mass is 10.1. The Labute approximate surface area is 196 Å². The van der Waals surface area contributed by atoms with Crippen LogP contribution >= 0.6 is 0 Å². The minimum Gasteiger partial charge on any atom is -0.493 e. The van der Waals surface area contributed by atoms with E-state index >= 15 is 0 Å². The van der Waals surface area contributed by atoms with Crippen molar-refractivity contribution < 1.29 is 14.3 Å². The Kier molecular flexibility index (Phi) is 5.70. The van der Waals surface area contributed by atoms with Crippen LogP contribution in [0.15, 0.2) is 48.8 Å². The Balaban J connectivity index is 1.36. The van der Waals surface area contributed by atoms with Gasteiger partial charge < -0.3 is 19.3 Å². The van der Waals surface area contributed by atoms with Crippen LogP contribution in [0.25, 0.3) is 16.9 Å². The molecule has 10 nitrogen and oxygen atoms in total. The minimum absolute atomic E-state index is 0.0893. The SMILES string of the molecule is COc1cccc(C(=O)N2CCN(c3ncnc4c3nnn4-c3ccc(C)cc3)CC2)c1OC. The summed E-state index contributed by atoms with van der Waals surface area (Å²) in [6.45, 7) is 4.34. The number of carbonyl (C=O) groups excluding carboxylic acids is 1. The molecule has 0 radical (unpaired) electrons. The van der Waals surface area contributed by atoms with Gasteiger partial charge in [0.15, 0.2) is 28.5 Å². The third-order valence-electron chi connectivity index (χ3n) is 6.00. The number of anilines is 1. The number of para-hydroxylation sites is 1. The molecule has 1 aliphatic heterocycles. The first-order valence-corrected chi connectivity index (χ1v) is 11.0. The van der Waals surface area contributed by atoms with Crippen molar-refractivity contribution in [1.29, 1.82) is 0 Å². The van der Waals surface area contributed by atoms with Gasteiger partial charge in [-0.15, -0.1) is 5.10 Å². The molecule has 5 rings (SSSR count). The Hall–Kier alpha value is -4.21. The van der Waals surface area contributed by atoms with Gasteiger partial charge in [-0.2, -0.15) is 4.68 Å². The lowest BCUT2D eigenvalue weighted by molar-refractivity contribution is 0.0742. The number of hydrogen-bond acceptors (Lipinski definition) is 8. The summed E-state index contributed by atoms with van der Waals surface area (Å²) >= 11 is 0. The third-order valence-corrected chi connectivity index (χ3v) is 6.00. The number of aryl methyl sites for hydroxylation is 1. The molecule has 4 aromatic rings. The fraction of sp³-hybridized carbons (Fsp3) is 0.292. The number of nitrogens with zero attached hydrogens (tertiary/aromatic N) is 7. The second-order valence-corrected chi connectivity index (χ2v) is 8.03. The molecule has 1 saturated heterocycles. The smallest absolute Gasteiger partial charge is 0.257 e. The fourth-order valence-corrected chi connectivity index (χ4v) is 4.18. The molecular formula is C24H25N7O3. The van der Waals surface area contributed by atoms with E-state index in [0.717, 1.165) is 11.5 Å². The number of rotatable bonds is 5. The molecular weight excluding hydrogens is 434 g/mol. The summed E-state index contributed by atoms with van der Waals surface area (Å²) in [4.78, 5) is 26.1. The number of hydrogen-bond donors (Lipinski definition) is 0. The van der Waals surface area contributed by atoms with Crippen LogP contribution < -0.4 is 14.4 Å². The predicted molar refractivity (Wildman–Crippen MR) is 127 cm³/mol. The van der Waals surface area contributed by atoms with Crippen LogP contribution in [0.1, 0.15) is 15.9 Å². The van der Waals surface area contributed by atoms with Crippen LogP contribution in [-0.2, 0) is 0 Å². The molecule has 0 unspecified atom stereocenters. The summed E-state index contributed by atoms with van der Waals surface area (Å²) in [6.07, 6.45) is 1.53. The predicted octanol–water partition coefficient (Wildman–Crippen LogP) is 2.50. The van der Waals surface area contributed by atoms with Crippen molar-refractivity contribution in [3.8, 4) is 17.2 Å². The third kappa shape index (κ3) is 3.76. The van der Waals surface area contributed by atoms with Gasteiger partial charge in [0.05, 0.1) is 25.5 Å². The zero-order valence-electron chi connectivity index (χ0n) is 19.3. The van der Waals surface area contributed by atoms with Gasteiger partial charge in [-0.25, -0.2) is 9.97 Å². The van der Waals surface area contributed by atoms with Crippen LogP contribution in [0, 0.1) is 6.92 Å². The Morgan fingerprint density at radius 2 is 1.71 bits per heavy atom. The van der Waals surface area contributed by atoms with Gasteiger partial charge in [-0.3, -0.25) is 4.79 Å². The van der Waals surface area contributed by atoms with E-state index in [2.05, 4.69) is 25.2 Å². The van der Waals surface area contributed by atoms with Gasteiger partial charge in [0.25, 0.3) is 5.91 Å². The van der Waals surface area contributed by atoms with Crippen molar-refractivity contribution in [2.75, 3.05) is 45.3 Å². The summed E-state index contributed by atoms with van der Waals surface area (Å²) in [5.41, 5.74) is 3.83. The monoisotopic (exact) mass is 459 g/mol. The average molecular weight is 460 g/mol. The zero-order valence-corrected chi connectivity index (χ0v) is 19.3. The Bertz CT molecular complexity index is 1330.